The molecule has 0 amide bonds. The maximum absolute atomic E-state index is 12.5. The van der Waals surface area contributed by atoms with Crippen molar-refractivity contribution < 1.29 is 21.6 Å². The van der Waals surface area contributed by atoms with Crippen molar-refractivity contribution in [3.05, 3.63) is 35.4 Å². The van der Waals surface area contributed by atoms with Gasteiger partial charge in [-0.25, -0.2) is 13.1 Å². The Morgan fingerprint density at radius 1 is 1.24 bits per heavy atom. The van der Waals surface area contributed by atoms with E-state index in [1.807, 2.05) is 4.72 Å². The topological polar surface area (TPSA) is 46.2 Å². The molecule has 0 saturated heterocycles. The van der Waals surface area contributed by atoms with Gasteiger partial charge < -0.3 is 0 Å². The van der Waals surface area contributed by atoms with E-state index < -0.39 is 33.5 Å². The van der Waals surface area contributed by atoms with E-state index in [4.69, 9.17) is 11.6 Å². The van der Waals surface area contributed by atoms with E-state index in [0.29, 0.717) is 0 Å². The third-order valence-corrected chi connectivity index (χ3v) is 3.68. The number of nitrogens with one attached hydrogen (secondary N) is 1. The van der Waals surface area contributed by atoms with Crippen molar-refractivity contribution in [1.82, 2.24) is 4.72 Å². The van der Waals surface area contributed by atoms with Crippen LogP contribution in [0.1, 0.15) is 11.1 Å². The fraction of sp³-hybridized carbons (Fsp3) is 0.333. The third kappa shape index (κ3) is 4.18. The van der Waals surface area contributed by atoms with Crippen molar-refractivity contribution in [3.8, 4) is 0 Å². The molecular formula is C9H9ClF3NO2S. The predicted molar refractivity (Wildman–Crippen MR) is 57.9 cm³/mol. The van der Waals surface area contributed by atoms with Crippen molar-refractivity contribution in [2.45, 2.75) is 12.7 Å². The van der Waals surface area contributed by atoms with Crippen molar-refractivity contribution in [2.75, 3.05) is 5.21 Å². The van der Waals surface area contributed by atoms with Gasteiger partial charge in [-0.1, -0.05) is 18.2 Å². The molecule has 3 nitrogen and oxygen atoms in total. The number of halogens is 4. The van der Waals surface area contributed by atoms with Gasteiger partial charge in [-0.3, -0.25) is 0 Å². The van der Waals surface area contributed by atoms with Gasteiger partial charge in [-0.05, 0) is 11.6 Å². The van der Waals surface area contributed by atoms with Gasteiger partial charge in [0.15, 0.2) is 0 Å². The summed E-state index contributed by atoms with van der Waals surface area (Å²) in [5.41, 5.74) is -1.01. The molecule has 0 unspecified atom stereocenters. The Morgan fingerprint density at radius 3 is 2.35 bits per heavy atom. The summed E-state index contributed by atoms with van der Waals surface area (Å²) in [6.07, 6.45) is -4.51. The lowest BCUT2D eigenvalue weighted by atomic mass is 10.1. The van der Waals surface area contributed by atoms with Gasteiger partial charge in [0.2, 0.25) is 10.0 Å². The first-order valence-corrected chi connectivity index (χ1v) is 6.63. The highest BCUT2D eigenvalue weighted by atomic mass is 35.5. The fourth-order valence-electron chi connectivity index (χ4n) is 1.18. The maximum atomic E-state index is 12.5. The van der Waals surface area contributed by atoms with Crippen LogP contribution in [0, 0.1) is 0 Å². The minimum Gasteiger partial charge on any atom is -0.211 e. The highest BCUT2D eigenvalue weighted by Crippen LogP contribution is 2.31. The fourth-order valence-corrected chi connectivity index (χ4v) is 1.86. The zero-order valence-electron chi connectivity index (χ0n) is 8.46. The second-order valence-corrected chi connectivity index (χ2v) is 5.59. The lowest BCUT2D eigenvalue weighted by molar-refractivity contribution is -0.138. The van der Waals surface area contributed by atoms with E-state index in [2.05, 4.69) is 0 Å². The minimum absolute atomic E-state index is 0.145. The monoisotopic (exact) mass is 287 g/mol. The van der Waals surface area contributed by atoms with Crippen molar-refractivity contribution in [3.63, 3.8) is 0 Å². The Labute approximate surface area is 102 Å². The molecule has 0 saturated carbocycles. The molecule has 0 radical (unpaired) electrons. The highest BCUT2D eigenvalue weighted by Gasteiger charge is 2.32. The van der Waals surface area contributed by atoms with Crippen LogP contribution in [0.15, 0.2) is 24.3 Å². The van der Waals surface area contributed by atoms with Crippen molar-refractivity contribution >= 4 is 21.6 Å². The van der Waals surface area contributed by atoms with Crippen LogP contribution in [-0.2, 0) is 22.7 Å². The van der Waals surface area contributed by atoms with Crippen LogP contribution in [0.3, 0.4) is 0 Å². The Bertz CT molecular complexity index is 487. The minimum atomic E-state index is -4.51. The van der Waals surface area contributed by atoms with Crippen LogP contribution >= 0.6 is 11.6 Å². The number of alkyl halides is 4. The molecule has 0 aliphatic heterocycles. The zero-order chi connectivity index (χ0) is 13.1. The van der Waals surface area contributed by atoms with Gasteiger partial charge in [-0.15, -0.1) is 11.6 Å². The average Bonchev–Trinajstić information content (AvgIpc) is 2.26. The largest absolute Gasteiger partial charge is 0.416 e. The summed E-state index contributed by atoms with van der Waals surface area (Å²) in [5, 5.41) is -0.693. The number of benzene rings is 1. The summed E-state index contributed by atoms with van der Waals surface area (Å²) in [7, 11) is -3.73. The molecule has 96 valence electrons. The molecule has 17 heavy (non-hydrogen) atoms. The molecule has 0 spiro atoms. The molecule has 1 aromatic rings. The molecule has 8 heteroatoms. The van der Waals surface area contributed by atoms with Gasteiger partial charge >= 0.3 is 6.18 Å². The quantitative estimate of drug-likeness (QED) is 0.864. The Balaban J connectivity index is 2.93. The van der Waals surface area contributed by atoms with Crippen LogP contribution < -0.4 is 4.72 Å². The molecule has 0 aliphatic carbocycles. The summed E-state index contributed by atoms with van der Waals surface area (Å²) >= 11 is 5.12. The van der Waals surface area contributed by atoms with E-state index >= 15 is 0 Å². The second kappa shape index (κ2) is 5.24. The molecule has 0 bridgehead atoms. The molecule has 1 rings (SSSR count). The first-order chi connectivity index (χ1) is 7.76. The van der Waals surface area contributed by atoms with Crippen LogP contribution in [0.5, 0.6) is 0 Å². The van der Waals surface area contributed by atoms with Crippen LogP contribution in [0.4, 0.5) is 13.2 Å². The van der Waals surface area contributed by atoms with Crippen LogP contribution in [0.2, 0.25) is 0 Å². The molecule has 0 atom stereocenters. The number of hydrogen-bond donors (Lipinski definition) is 1. The van der Waals surface area contributed by atoms with Gasteiger partial charge in [-0.2, -0.15) is 13.2 Å². The molecule has 0 heterocycles. The lowest BCUT2D eigenvalue weighted by Crippen LogP contribution is -2.25. The Hall–Kier alpha value is -0.790. The zero-order valence-corrected chi connectivity index (χ0v) is 10.0. The first-order valence-electron chi connectivity index (χ1n) is 4.44. The molecule has 1 aromatic carbocycles. The number of hydrogen-bond acceptors (Lipinski definition) is 2. The summed E-state index contributed by atoms with van der Waals surface area (Å²) < 4.78 is 61.6. The van der Waals surface area contributed by atoms with Crippen LogP contribution in [0.25, 0.3) is 0 Å². The summed E-state index contributed by atoms with van der Waals surface area (Å²) in [5.74, 6) is 0. The van der Waals surface area contributed by atoms with Crippen molar-refractivity contribution in [2.24, 2.45) is 0 Å². The van der Waals surface area contributed by atoms with Gasteiger partial charge in [0.05, 0.1) is 5.56 Å². The Kier molecular flexibility index (Phi) is 4.40. The maximum Gasteiger partial charge on any atom is 0.416 e. The van der Waals surface area contributed by atoms with Gasteiger partial charge in [0.25, 0.3) is 0 Å². The Morgan fingerprint density at radius 2 is 1.82 bits per heavy atom. The summed E-state index contributed by atoms with van der Waals surface area (Å²) in [6.45, 7) is -0.440. The van der Waals surface area contributed by atoms with E-state index in [-0.39, 0.29) is 5.56 Å². The summed E-state index contributed by atoms with van der Waals surface area (Å²) in [4.78, 5) is 0. The SMILES string of the molecule is O=S(=O)(CCl)NCc1ccccc1C(F)(F)F. The summed E-state index contributed by atoms with van der Waals surface area (Å²) in [6, 6.07) is 4.74. The van der Waals surface area contributed by atoms with Crippen molar-refractivity contribution in [1.29, 1.82) is 0 Å². The smallest absolute Gasteiger partial charge is 0.211 e. The average molecular weight is 288 g/mol. The molecule has 0 fully saturated rings. The second-order valence-electron chi connectivity index (χ2n) is 3.20. The molecule has 1 N–H and O–H groups in total. The normalized spacial score (nSPS) is 12.7. The standard InChI is InChI=1S/C9H9ClF3NO2S/c10-6-17(15,16)14-5-7-3-1-2-4-8(7)9(11,12)13/h1-4,14H,5-6H2. The van der Waals surface area contributed by atoms with Gasteiger partial charge in [0, 0.05) is 6.54 Å². The van der Waals surface area contributed by atoms with E-state index in [1.165, 1.54) is 18.2 Å². The highest BCUT2D eigenvalue weighted by molar-refractivity contribution is 7.90. The third-order valence-electron chi connectivity index (χ3n) is 1.95. The lowest BCUT2D eigenvalue weighted by Gasteiger charge is -2.12. The first kappa shape index (κ1) is 14.3. The van der Waals surface area contributed by atoms with Crippen LogP contribution in [-0.4, -0.2) is 13.6 Å². The molecular weight excluding hydrogens is 279 g/mol. The van der Waals surface area contributed by atoms with E-state index in [1.54, 1.807) is 0 Å². The van der Waals surface area contributed by atoms with E-state index in [9.17, 15) is 21.6 Å². The molecule has 0 aromatic heterocycles. The molecule has 0 aliphatic rings. The predicted octanol–water partition coefficient (Wildman–Crippen LogP) is 2.32. The number of rotatable bonds is 4. The van der Waals surface area contributed by atoms with E-state index in [0.717, 1.165) is 6.07 Å². The number of sulfonamides is 1. The van der Waals surface area contributed by atoms with Gasteiger partial charge in [0.1, 0.15) is 5.21 Å².